The molecule has 3 fully saturated rings. The van der Waals surface area contributed by atoms with E-state index in [1.165, 1.54) is 25.4 Å². The zero-order valence-corrected chi connectivity index (χ0v) is 26.0. The molecular formula is C31H35F2N9O5. The Morgan fingerprint density at radius 3 is 2.60 bits per heavy atom. The molecule has 0 radical (unpaired) electrons. The molecule has 6 rings (SSSR count). The maximum atomic E-state index is 14.9. The van der Waals surface area contributed by atoms with E-state index in [0.29, 0.717) is 29.1 Å². The van der Waals surface area contributed by atoms with Gasteiger partial charge in [-0.3, -0.25) is 14.7 Å². The van der Waals surface area contributed by atoms with Crippen molar-refractivity contribution in [3.05, 3.63) is 42.2 Å². The Bertz CT molecular complexity index is 1640. The first-order chi connectivity index (χ1) is 22.6. The highest BCUT2D eigenvalue weighted by atomic mass is 19.3. The van der Waals surface area contributed by atoms with E-state index in [4.69, 9.17) is 14.2 Å². The maximum Gasteiger partial charge on any atom is 0.301 e. The van der Waals surface area contributed by atoms with Crippen molar-refractivity contribution in [1.82, 2.24) is 29.7 Å². The van der Waals surface area contributed by atoms with Crippen LogP contribution in [0.3, 0.4) is 0 Å². The number of piperazine rings is 1. The number of rotatable bonds is 9. The van der Waals surface area contributed by atoms with Crippen molar-refractivity contribution in [2.75, 3.05) is 69.8 Å². The molecule has 0 bridgehead atoms. The third-order valence-electron chi connectivity index (χ3n) is 8.44. The van der Waals surface area contributed by atoms with Crippen LogP contribution < -0.4 is 19.7 Å². The van der Waals surface area contributed by atoms with E-state index in [1.807, 2.05) is 18.2 Å². The summed E-state index contributed by atoms with van der Waals surface area (Å²) < 4.78 is 46.3. The van der Waals surface area contributed by atoms with Gasteiger partial charge in [-0.15, -0.1) is 0 Å². The third-order valence-corrected chi connectivity index (χ3v) is 8.44. The lowest BCUT2D eigenvalue weighted by molar-refractivity contribution is -0.165. The fraction of sp³-hybridized carbons (Fsp3) is 0.484. The van der Waals surface area contributed by atoms with Gasteiger partial charge in [0.15, 0.2) is 11.9 Å². The first kappa shape index (κ1) is 32.2. The standard InChI is InChI=1S/C31H35F2N9O5/c1-19(43)29(44)42-8-6-26(31(32,33)18-42)47-25-15-36-23(13-20(25)14-34)22-5-7-35-30(37-22)39-27-4-3-24(28(38-27)45-2)41-11-9-40(10-12-41)21-16-46-17-21/h3-5,7,13,15,19,21,26,43H,6,8-12,16-18H2,1-2H3,(H,35,37,38,39). The number of nitriles is 1. The van der Waals surface area contributed by atoms with Gasteiger partial charge in [-0.25, -0.2) is 18.7 Å². The summed E-state index contributed by atoms with van der Waals surface area (Å²) in [5.74, 6) is -3.14. The molecule has 0 saturated carbocycles. The molecule has 2 N–H and O–H groups in total. The van der Waals surface area contributed by atoms with Crippen LogP contribution in [-0.4, -0.2) is 125 Å². The van der Waals surface area contributed by atoms with Gasteiger partial charge in [0.2, 0.25) is 11.8 Å². The van der Waals surface area contributed by atoms with Crippen molar-refractivity contribution in [2.24, 2.45) is 0 Å². The van der Waals surface area contributed by atoms with Crippen LogP contribution in [0.4, 0.5) is 26.2 Å². The fourth-order valence-corrected chi connectivity index (χ4v) is 5.77. The maximum absolute atomic E-state index is 14.9. The van der Waals surface area contributed by atoms with Crippen LogP contribution in [-0.2, 0) is 9.53 Å². The number of pyridine rings is 2. The smallest absolute Gasteiger partial charge is 0.301 e. The summed E-state index contributed by atoms with van der Waals surface area (Å²) >= 11 is 0. The molecule has 47 heavy (non-hydrogen) atoms. The Balaban J connectivity index is 1.12. The number of nitrogens with zero attached hydrogens (tertiary/aromatic N) is 8. The van der Waals surface area contributed by atoms with Crippen molar-refractivity contribution < 1.29 is 32.9 Å². The van der Waals surface area contributed by atoms with Gasteiger partial charge in [-0.1, -0.05) is 0 Å². The van der Waals surface area contributed by atoms with Crippen molar-refractivity contribution in [2.45, 2.75) is 37.5 Å². The van der Waals surface area contributed by atoms with E-state index in [2.05, 4.69) is 35.1 Å². The molecule has 0 spiro atoms. The van der Waals surface area contributed by atoms with Crippen molar-refractivity contribution in [1.29, 1.82) is 5.26 Å². The summed E-state index contributed by atoms with van der Waals surface area (Å²) in [4.78, 5) is 35.3. The van der Waals surface area contributed by atoms with Gasteiger partial charge in [-0.2, -0.15) is 10.2 Å². The number of amides is 1. The van der Waals surface area contributed by atoms with Gasteiger partial charge >= 0.3 is 5.92 Å². The number of likely N-dealkylation sites (tertiary alicyclic amines) is 1. The molecule has 0 aromatic carbocycles. The van der Waals surface area contributed by atoms with Crippen molar-refractivity contribution in [3.8, 4) is 29.1 Å². The summed E-state index contributed by atoms with van der Waals surface area (Å²) in [6.45, 7) is 5.46. The summed E-state index contributed by atoms with van der Waals surface area (Å²) in [5.41, 5.74) is 1.56. The molecule has 0 aliphatic carbocycles. The van der Waals surface area contributed by atoms with Gasteiger partial charge in [-0.05, 0) is 31.2 Å². The Labute approximate surface area is 269 Å². The lowest BCUT2D eigenvalue weighted by Crippen LogP contribution is -2.56. The second kappa shape index (κ2) is 13.6. The number of anilines is 3. The molecule has 1 amide bonds. The number of methoxy groups -OCH3 is 1. The first-order valence-electron chi connectivity index (χ1n) is 15.3. The summed E-state index contributed by atoms with van der Waals surface area (Å²) in [6, 6.07) is 9.24. The minimum atomic E-state index is -3.41. The predicted octanol–water partition coefficient (Wildman–Crippen LogP) is 2.07. The summed E-state index contributed by atoms with van der Waals surface area (Å²) in [6.07, 6.45) is -0.433. The van der Waals surface area contributed by atoms with Crippen LogP contribution in [0.1, 0.15) is 18.9 Å². The summed E-state index contributed by atoms with van der Waals surface area (Å²) in [5, 5.41) is 22.4. The molecule has 3 aromatic rings. The van der Waals surface area contributed by atoms with Crippen LogP contribution in [0.25, 0.3) is 11.4 Å². The molecule has 6 heterocycles. The van der Waals surface area contributed by atoms with E-state index < -0.39 is 30.6 Å². The Hall–Kier alpha value is -4.72. The van der Waals surface area contributed by atoms with E-state index in [-0.39, 0.29) is 30.2 Å². The number of aliphatic hydroxyl groups excluding tert-OH is 1. The second-order valence-corrected chi connectivity index (χ2v) is 11.6. The number of carbonyl (C=O) groups is 1. The van der Waals surface area contributed by atoms with Crippen LogP contribution in [0.5, 0.6) is 11.6 Å². The number of alkyl halides is 2. The van der Waals surface area contributed by atoms with Gasteiger partial charge in [0, 0.05) is 45.3 Å². The van der Waals surface area contributed by atoms with E-state index in [1.54, 1.807) is 13.2 Å². The van der Waals surface area contributed by atoms with Gasteiger partial charge in [0.05, 0.1) is 56.1 Å². The van der Waals surface area contributed by atoms with Crippen molar-refractivity contribution >= 4 is 23.4 Å². The molecule has 2 atom stereocenters. The number of piperidine rings is 1. The highest BCUT2D eigenvalue weighted by Gasteiger charge is 2.48. The van der Waals surface area contributed by atoms with Crippen LogP contribution in [0.2, 0.25) is 0 Å². The Morgan fingerprint density at radius 2 is 1.94 bits per heavy atom. The number of aliphatic hydroxyl groups is 1. The second-order valence-electron chi connectivity index (χ2n) is 11.6. The number of hydrogen-bond acceptors (Lipinski definition) is 13. The number of halogens is 2. The molecule has 2 unspecified atom stereocenters. The first-order valence-corrected chi connectivity index (χ1v) is 15.3. The zero-order valence-electron chi connectivity index (χ0n) is 26.0. The molecule has 3 aromatic heterocycles. The SMILES string of the molecule is COc1nc(Nc2nccc(-c3cc(C#N)c(OC4CCN(C(=O)C(C)O)CC4(F)F)cn3)n2)ccc1N1CCN(C2COC2)CC1. The molecular weight excluding hydrogens is 616 g/mol. The highest BCUT2D eigenvalue weighted by Crippen LogP contribution is 2.34. The van der Waals surface area contributed by atoms with Crippen LogP contribution in [0.15, 0.2) is 36.7 Å². The fourth-order valence-electron chi connectivity index (χ4n) is 5.77. The molecule has 14 nitrogen and oxygen atoms in total. The van der Waals surface area contributed by atoms with Crippen LogP contribution in [0, 0.1) is 11.3 Å². The topological polar surface area (TPSA) is 162 Å². The quantitative estimate of drug-likeness (QED) is 0.346. The minimum absolute atomic E-state index is 0.00902. The zero-order chi connectivity index (χ0) is 33.1. The average molecular weight is 652 g/mol. The van der Waals surface area contributed by atoms with E-state index in [0.717, 1.165) is 50.0 Å². The Kier molecular flexibility index (Phi) is 9.30. The van der Waals surface area contributed by atoms with Crippen molar-refractivity contribution in [3.63, 3.8) is 0 Å². The van der Waals surface area contributed by atoms with Gasteiger partial charge in [0.25, 0.3) is 5.91 Å². The number of ether oxygens (including phenoxy) is 3. The number of carbonyl (C=O) groups excluding carboxylic acids is 1. The normalized spacial score (nSPS) is 20.6. The molecule has 3 saturated heterocycles. The number of aromatic nitrogens is 4. The molecule has 3 aliphatic rings. The van der Waals surface area contributed by atoms with Crippen LogP contribution >= 0.6 is 0 Å². The number of nitrogens with one attached hydrogen (secondary N) is 1. The number of hydrogen-bond donors (Lipinski definition) is 2. The predicted molar refractivity (Wildman–Crippen MR) is 165 cm³/mol. The summed E-state index contributed by atoms with van der Waals surface area (Å²) in [7, 11) is 1.57. The van der Waals surface area contributed by atoms with Gasteiger partial charge < -0.3 is 34.4 Å². The molecule has 3 aliphatic heterocycles. The lowest BCUT2D eigenvalue weighted by atomic mass is 10.0. The van der Waals surface area contributed by atoms with E-state index in [9.17, 15) is 23.9 Å². The Morgan fingerprint density at radius 1 is 1.15 bits per heavy atom. The molecule has 16 heteroatoms. The van der Waals surface area contributed by atoms with E-state index >= 15 is 0 Å². The lowest BCUT2D eigenvalue weighted by Gasteiger charge is -2.43. The highest BCUT2D eigenvalue weighted by molar-refractivity contribution is 5.80. The minimum Gasteiger partial charge on any atom is -0.481 e. The van der Waals surface area contributed by atoms with Gasteiger partial charge in [0.1, 0.15) is 23.7 Å². The largest absolute Gasteiger partial charge is 0.481 e. The monoisotopic (exact) mass is 651 g/mol. The molecule has 248 valence electrons. The average Bonchev–Trinajstić information content (AvgIpc) is 3.05. The third kappa shape index (κ3) is 7.02.